The molecule has 0 spiro atoms. The number of ether oxygens (including phenoxy) is 1. The number of rotatable bonds is 3. The summed E-state index contributed by atoms with van der Waals surface area (Å²) in [5.74, 6) is 1.28. The zero-order valence-corrected chi connectivity index (χ0v) is 9.27. The molecule has 0 aromatic rings. The number of thioether (sulfide) groups is 1. The van der Waals surface area contributed by atoms with Gasteiger partial charge in [0, 0.05) is 24.5 Å². The van der Waals surface area contributed by atoms with Crippen LogP contribution >= 0.6 is 11.8 Å². The number of nitrogens with two attached hydrogens (primary N) is 1. The molecule has 0 aromatic carbocycles. The molecule has 0 bridgehead atoms. The molecular formula is C9H17N3OS. The van der Waals surface area contributed by atoms with Crippen LogP contribution in [0.3, 0.4) is 0 Å². The molecule has 1 aliphatic heterocycles. The highest BCUT2D eigenvalue weighted by Crippen LogP contribution is 2.02. The van der Waals surface area contributed by atoms with Gasteiger partial charge < -0.3 is 15.4 Å². The third-order valence-electron chi connectivity index (χ3n) is 1.98. The number of nitrogens with one attached hydrogen (secondary N) is 1. The summed E-state index contributed by atoms with van der Waals surface area (Å²) in [6.07, 6.45) is 3.74. The van der Waals surface area contributed by atoms with Crippen molar-refractivity contribution in [2.75, 3.05) is 38.3 Å². The molecule has 0 aromatic heterocycles. The predicted molar refractivity (Wildman–Crippen MR) is 60.8 cm³/mol. The monoisotopic (exact) mass is 215 g/mol. The van der Waals surface area contributed by atoms with Crippen molar-refractivity contribution in [1.29, 1.82) is 5.41 Å². The molecule has 0 atom stereocenters. The molecule has 4 nitrogen and oxygen atoms in total. The lowest BCUT2D eigenvalue weighted by Gasteiger charge is -2.27. The topological polar surface area (TPSA) is 62.3 Å². The molecule has 1 aliphatic rings. The van der Waals surface area contributed by atoms with E-state index >= 15 is 0 Å². The summed E-state index contributed by atoms with van der Waals surface area (Å²) in [6.45, 7) is 3.00. The smallest absolute Gasteiger partial charge is 0.122 e. The third-order valence-corrected chi connectivity index (χ3v) is 2.61. The average molecular weight is 215 g/mol. The molecule has 3 N–H and O–H groups in total. The lowest BCUT2D eigenvalue weighted by Crippen LogP contribution is -2.39. The molecule has 0 amide bonds. The first-order valence-electron chi connectivity index (χ1n) is 4.60. The van der Waals surface area contributed by atoms with Gasteiger partial charge in [-0.3, -0.25) is 5.41 Å². The molecule has 0 aliphatic carbocycles. The highest BCUT2D eigenvalue weighted by atomic mass is 32.2. The minimum absolute atomic E-state index is 0.500. The van der Waals surface area contributed by atoms with Crippen LogP contribution in [-0.4, -0.2) is 49.0 Å². The molecule has 1 rings (SSSR count). The van der Waals surface area contributed by atoms with Gasteiger partial charge in [-0.05, 0) is 12.3 Å². The standard InChI is InChI=1S/C9H17N3OS/c1-14-7-8(10)6-9(11)12-2-4-13-5-3-12/h6,11H,2-5,7,10H2,1H3/b8-6-,11-9?. The summed E-state index contributed by atoms with van der Waals surface area (Å²) < 4.78 is 5.21. The van der Waals surface area contributed by atoms with E-state index in [0.29, 0.717) is 19.0 Å². The molecule has 1 heterocycles. The van der Waals surface area contributed by atoms with Crippen LogP contribution in [0.4, 0.5) is 0 Å². The second kappa shape index (κ2) is 5.93. The first-order valence-corrected chi connectivity index (χ1v) is 5.99. The molecule has 0 unspecified atom stereocenters. The maximum atomic E-state index is 7.80. The van der Waals surface area contributed by atoms with Crippen LogP contribution in [0.2, 0.25) is 0 Å². The van der Waals surface area contributed by atoms with Gasteiger partial charge in [0.15, 0.2) is 0 Å². The minimum Gasteiger partial charge on any atom is -0.401 e. The van der Waals surface area contributed by atoms with Crippen LogP contribution in [0.25, 0.3) is 0 Å². The summed E-state index contributed by atoms with van der Waals surface area (Å²) in [5.41, 5.74) is 6.49. The normalized spacial score (nSPS) is 18.4. The van der Waals surface area contributed by atoms with Gasteiger partial charge in [-0.15, -0.1) is 0 Å². The summed E-state index contributed by atoms with van der Waals surface area (Å²) >= 11 is 1.67. The van der Waals surface area contributed by atoms with E-state index in [1.54, 1.807) is 17.8 Å². The highest BCUT2D eigenvalue weighted by molar-refractivity contribution is 7.98. The summed E-state index contributed by atoms with van der Waals surface area (Å²) in [6, 6.07) is 0. The maximum absolute atomic E-state index is 7.80. The second-order valence-electron chi connectivity index (χ2n) is 3.14. The molecule has 1 fully saturated rings. The third kappa shape index (κ3) is 3.59. The molecule has 0 saturated carbocycles. The van der Waals surface area contributed by atoms with Gasteiger partial charge in [0.25, 0.3) is 0 Å². The van der Waals surface area contributed by atoms with E-state index in [1.807, 2.05) is 11.2 Å². The van der Waals surface area contributed by atoms with Crippen molar-refractivity contribution in [3.8, 4) is 0 Å². The van der Waals surface area contributed by atoms with E-state index in [0.717, 1.165) is 24.5 Å². The molecular weight excluding hydrogens is 198 g/mol. The zero-order chi connectivity index (χ0) is 10.4. The number of amidine groups is 1. The van der Waals surface area contributed by atoms with Crippen LogP contribution in [0.1, 0.15) is 0 Å². The van der Waals surface area contributed by atoms with Crippen LogP contribution in [0, 0.1) is 5.41 Å². The Morgan fingerprint density at radius 3 is 2.79 bits per heavy atom. The zero-order valence-electron chi connectivity index (χ0n) is 8.45. The van der Waals surface area contributed by atoms with Gasteiger partial charge in [-0.25, -0.2) is 0 Å². The van der Waals surface area contributed by atoms with Crippen molar-refractivity contribution in [2.24, 2.45) is 5.73 Å². The molecule has 14 heavy (non-hydrogen) atoms. The van der Waals surface area contributed by atoms with E-state index in [4.69, 9.17) is 15.9 Å². The second-order valence-corrected chi connectivity index (χ2v) is 4.00. The van der Waals surface area contributed by atoms with Gasteiger partial charge in [0.2, 0.25) is 0 Å². The average Bonchev–Trinajstić information content (AvgIpc) is 2.19. The SMILES string of the molecule is CSC/C(N)=C/C(=N)N1CCOCC1. The number of hydrogen-bond acceptors (Lipinski definition) is 4. The van der Waals surface area contributed by atoms with E-state index in [9.17, 15) is 0 Å². The Morgan fingerprint density at radius 1 is 1.57 bits per heavy atom. The number of morpholine rings is 1. The molecule has 80 valence electrons. The van der Waals surface area contributed by atoms with Gasteiger partial charge in [-0.1, -0.05) is 0 Å². The van der Waals surface area contributed by atoms with Crippen molar-refractivity contribution < 1.29 is 4.74 Å². The number of nitrogens with zero attached hydrogens (tertiary/aromatic N) is 1. The fourth-order valence-electron chi connectivity index (χ4n) is 1.28. The van der Waals surface area contributed by atoms with Crippen LogP contribution < -0.4 is 5.73 Å². The van der Waals surface area contributed by atoms with Crippen LogP contribution in [0.15, 0.2) is 11.8 Å². The molecule has 0 radical (unpaired) electrons. The summed E-state index contributed by atoms with van der Waals surface area (Å²) in [7, 11) is 0. The Kier molecular flexibility index (Phi) is 4.82. The van der Waals surface area contributed by atoms with Gasteiger partial charge in [0.05, 0.1) is 13.2 Å². The quantitative estimate of drug-likeness (QED) is 0.531. The molecule has 1 saturated heterocycles. The fourth-order valence-corrected chi connectivity index (χ4v) is 1.70. The Hall–Kier alpha value is -0.680. The van der Waals surface area contributed by atoms with Gasteiger partial charge in [0.1, 0.15) is 5.84 Å². The highest BCUT2D eigenvalue weighted by Gasteiger charge is 2.11. The lowest BCUT2D eigenvalue weighted by atomic mass is 10.3. The maximum Gasteiger partial charge on any atom is 0.122 e. The molecule has 5 heteroatoms. The van der Waals surface area contributed by atoms with Crippen LogP contribution in [-0.2, 0) is 4.74 Å². The van der Waals surface area contributed by atoms with E-state index in [-0.39, 0.29) is 0 Å². The summed E-state index contributed by atoms with van der Waals surface area (Å²) in [4.78, 5) is 1.98. The Morgan fingerprint density at radius 2 is 2.21 bits per heavy atom. The Bertz CT molecular complexity index is 224. The van der Waals surface area contributed by atoms with E-state index in [1.165, 1.54) is 0 Å². The number of hydrogen-bond donors (Lipinski definition) is 2. The van der Waals surface area contributed by atoms with Crippen molar-refractivity contribution >= 4 is 17.6 Å². The minimum atomic E-state index is 0.500. The predicted octanol–water partition coefficient (Wildman–Crippen LogP) is 0.501. The largest absolute Gasteiger partial charge is 0.401 e. The van der Waals surface area contributed by atoms with E-state index in [2.05, 4.69) is 0 Å². The van der Waals surface area contributed by atoms with Crippen molar-refractivity contribution in [1.82, 2.24) is 4.90 Å². The van der Waals surface area contributed by atoms with Crippen molar-refractivity contribution in [3.63, 3.8) is 0 Å². The fraction of sp³-hybridized carbons (Fsp3) is 0.667. The van der Waals surface area contributed by atoms with Gasteiger partial charge in [-0.2, -0.15) is 11.8 Å². The van der Waals surface area contributed by atoms with E-state index < -0.39 is 0 Å². The first kappa shape index (κ1) is 11.4. The van der Waals surface area contributed by atoms with Crippen LogP contribution in [0.5, 0.6) is 0 Å². The Labute approximate surface area is 89.0 Å². The summed E-state index contributed by atoms with van der Waals surface area (Å²) in [5, 5.41) is 7.80. The van der Waals surface area contributed by atoms with Crippen molar-refractivity contribution in [2.45, 2.75) is 0 Å². The first-order chi connectivity index (χ1) is 6.74. The van der Waals surface area contributed by atoms with Gasteiger partial charge >= 0.3 is 0 Å². The van der Waals surface area contributed by atoms with Crippen molar-refractivity contribution in [3.05, 3.63) is 11.8 Å². The lowest BCUT2D eigenvalue weighted by molar-refractivity contribution is 0.0681. The Balaban J connectivity index is 2.43.